The van der Waals surface area contributed by atoms with Crippen LogP contribution in [0, 0.1) is 0 Å². The Morgan fingerprint density at radius 2 is 2.00 bits per heavy atom. The number of carbonyl (C=O) groups is 2. The van der Waals surface area contributed by atoms with Gasteiger partial charge in [-0.05, 0) is 18.2 Å². The van der Waals surface area contributed by atoms with Crippen LogP contribution in [0.2, 0.25) is 0 Å². The van der Waals surface area contributed by atoms with Crippen LogP contribution in [0.4, 0.5) is 5.69 Å². The number of carboxylic acid groups (broad SMARTS) is 2. The quantitative estimate of drug-likeness (QED) is 0.572. The van der Waals surface area contributed by atoms with Crippen LogP contribution < -0.4 is 5.32 Å². The van der Waals surface area contributed by atoms with Crippen molar-refractivity contribution in [3.63, 3.8) is 0 Å². The Kier molecular flexibility index (Phi) is 3.84. The monoisotopic (exact) mass is 225 g/mol. The van der Waals surface area contributed by atoms with Crippen molar-refractivity contribution < 1.29 is 24.9 Å². The Bertz CT molecular complexity index is 404. The molecule has 6 nitrogen and oxygen atoms in total. The van der Waals surface area contributed by atoms with E-state index in [1.807, 2.05) is 0 Å². The van der Waals surface area contributed by atoms with E-state index in [2.05, 4.69) is 5.32 Å². The van der Waals surface area contributed by atoms with Crippen LogP contribution >= 0.6 is 0 Å². The van der Waals surface area contributed by atoms with E-state index < -0.39 is 24.6 Å². The van der Waals surface area contributed by atoms with Gasteiger partial charge in [0.1, 0.15) is 6.04 Å². The predicted octanol–water partition coefficient (Wildman–Crippen LogP) is 0.242. The summed E-state index contributed by atoms with van der Waals surface area (Å²) in [6, 6.07) is 4.56. The molecule has 0 radical (unpaired) electrons. The Morgan fingerprint density at radius 1 is 1.31 bits per heavy atom. The summed E-state index contributed by atoms with van der Waals surface area (Å²) >= 11 is 0. The van der Waals surface area contributed by atoms with Gasteiger partial charge in [0.25, 0.3) is 0 Å². The number of aliphatic hydroxyl groups excluding tert-OH is 1. The molecule has 6 heteroatoms. The van der Waals surface area contributed by atoms with Crippen LogP contribution in [-0.4, -0.2) is 39.9 Å². The number of carboxylic acids is 2. The lowest BCUT2D eigenvalue weighted by Crippen LogP contribution is -2.32. The first kappa shape index (κ1) is 12.0. The summed E-state index contributed by atoms with van der Waals surface area (Å²) in [6.45, 7) is -0.577. The fourth-order valence-electron chi connectivity index (χ4n) is 1.13. The maximum Gasteiger partial charge on any atom is 0.335 e. The van der Waals surface area contributed by atoms with Gasteiger partial charge >= 0.3 is 11.9 Å². The normalized spacial score (nSPS) is 11.8. The van der Waals surface area contributed by atoms with Crippen LogP contribution in [0.3, 0.4) is 0 Å². The van der Waals surface area contributed by atoms with Crippen LogP contribution in [-0.2, 0) is 4.79 Å². The maximum atomic E-state index is 10.6. The zero-order valence-corrected chi connectivity index (χ0v) is 8.25. The number of hydrogen-bond acceptors (Lipinski definition) is 4. The van der Waals surface area contributed by atoms with Gasteiger partial charge in [0, 0.05) is 5.69 Å². The van der Waals surface area contributed by atoms with Crippen molar-refractivity contribution in [3.8, 4) is 0 Å². The second-order valence-electron chi connectivity index (χ2n) is 3.10. The number of aliphatic hydroxyl groups is 1. The standard InChI is InChI=1S/C10H11NO5/c12-5-8(10(15)16)11-7-3-1-2-6(4-7)9(13)14/h1-4,8,11-12H,5H2,(H,13,14)(H,15,16)/t8-/m1/s1. The van der Waals surface area contributed by atoms with Gasteiger partial charge in [-0.2, -0.15) is 0 Å². The van der Waals surface area contributed by atoms with Crippen LogP contribution in [0.5, 0.6) is 0 Å². The largest absolute Gasteiger partial charge is 0.480 e. The molecule has 0 aliphatic carbocycles. The number of hydrogen-bond donors (Lipinski definition) is 4. The van der Waals surface area contributed by atoms with E-state index in [0.29, 0.717) is 5.69 Å². The molecule has 0 heterocycles. The summed E-state index contributed by atoms with van der Waals surface area (Å²) in [5.74, 6) is -2.30. The topological polar surface area (TPSA) is 107 Å². The lowest BCUT2D eigenvalue weighted by atomic mass is 10.2. The average molecular weight is 225 g/mol. The molecule has 0 saturated heterocycles. The third-order valence-corrected chi connectivity index (χ3v) is 1.93. The highest BCUT2D eigenvalue weighted by Gasteiger charge is 2.15. The molecule has 1 aromatic rings. The highest BCUT2D eigenvalue weighted by atomic mass is 16.4. The van der Waals surface area contributed by atoms with Crippen LogP contribution in [0.25, 0.3) is 0 Å². The zero-order chi connectivity index (χ0) is 12.1. The van der Waals surface area contributed by atoms with Gasteiger partial charge in [0.2, 0.25) is 0 Å². The molecule has 0 aliphatic heterocycles. The fraction of sp³-hybridized carbons (Fsp3) is 0.200. The molecule has 0 unspecified atom stereocenters. The smallest absolute Gasteiger partial charge is 0.335 e. The van der Waals surface area contributed by atoms with E-state index in [-0.39, 0.29) is 5.56 Å². The minimum Gasteiger partial charge on any atom is -0.480 e. The van der Waals surface area contributed by atoms with Crippen LogP contribution in [0.15, 0.2) is 24.3 Å². The maximum absolute atomic E-state index is 10.6. The van der Waals surface area contributed by atoms with Gasteiger partial charge < -0.3 is 20.6 Å². The highest BCUT2D eigenvalue weighted by Crippen LogP contribution is 2.11. The first-order valence-corrected chi connectivity index (χ1v) is 4.48. The molecule has 0 saturated carbocycles. The number of benzene rings is 1. The molecule has 0 aliphatic rings. The van der Waals surface area contributed by atoms with E-state index in [0.717, 1.165) is 0 Å². The molecule has 16 heavy (non-hydrogen) atoms. The number of aliphatic carboxylic acids is 1. The Labute approximate surface area is 91.1 Å². The van der Waals surface area contributed by atoms with Gasteiger partial charge in [-0.15, -0.1) is 0 Å². The van der Waals surface area contributed by atoms with Crippen molar-refractivity contribution in [3.05, 3.63) is 29.8 Å². The first-order chi connectivity index (χ1) is 7.54. The highest BCUT2D eigenvalue weighted by molar-refractivity contribution is 5.89. The molecule has 86 valence electrons. The second-order valence-corrected chi connectivity index (χ2v) is 3.10. The Morgan fingerprint density at radius 3 is 2.50 bits per heavy atom. The number of anilines is 1. The summed E-state index contributed by atoms with van der Waals surface area (Å²) in [4.78, 5) is 21.3. The van der Waals surface area contributed by atoms with E-state index in [4.69, 9.17) is 15.3 Å². The Balaban J connectivity index is 2.84. The van der Waals surface area contributed by atoms with Crippen LogP contribution in [0.1, 0.15) is 10.4 Å². The number of nitrogens with one attached hydrogen (secondary N) is 1. The minimum atomic E-state index is -1.21. The molecule has 0 spiro atoms. The summed E-state index contributed by atoms with van der Waals surface area (Å²) in [7, 11) is 0. The summed E-state index contributed by atoms with van der Waals surface area (Å²) in [6.07, 6.45) is 0. The molecule has 1 aromatic carbocycles. The molecule has 0 aromatic heterocycles. The van der Waals surface area contributed by atoms with Gasteiger partial charge in [0.15, 0.2) is 0 Å². The summed E-state index contributed by atoms with van der Waals surface area (Å²) < 4.78 is 0. The number of aromatic carboxylic acids is 1. The van der Waals surface area contributed by atoms with Crippen molar-refractivity contribution in [2.75, 3.05) is 11.9 Å². The lowest BCUT2D eigenvalue weighted by Gasteiger charge is -2.13. The summed E-state index contributed by atoms with van der Waals surface area (Å²) in [5.41, 5.74) is 0.383. The van der Waals surface area contributed by atoms with Gasteiger partial charge in [-0.25, -0.2) is 9.59 Å². The molecule has 0 amide bonds. The first-order valence-electron chi connectivity index (χ1n) is 4.48. The van der Waals surface area contributed by atoms with Gasteiger partial charge in [0.05, 0.1) is 12.2 Å². The van der Waals surface area contributed by atoms with Crippen molar-refractivity contribution in [2.24, 2.45) is 0 Å². The summed E-state index contributed by atoms with van der Waals surface area (Å²) in [5, 5.41) is 28.7. The molecular formula is C10H11NO5. The predicted molar refractivity (Wildman–Crippen MR) is 55.5 cm³/mol. The number of rotatable bonds is 5. The van der Waals surface area contributed by atoms with Crippen molar-refractivity contribution >= 4 is 17.6 Å². The SMILES string of the molecule is O=C(O)c1cccc(N[C@H](CO)C(=O)O)c1. The molecule has 0 bridgehead atoms. The van der Waals surface area contributed by atoms with Crippen molar-refractivity contribution in [1.82, 2.24) is 0 Å². The molecular weight excluding hydrogens is 214 g/mol. The molecule has 1 rings (SSSR count). The molecule has 1 atom stereocenters. The third kappa shape index (κ3) is 2.96. The van der Waals surface area contributed by atoms with E-state index in [1.54, 1.807) is 0 Å². The van der Waals surface area contributed by atoms with Crippen molar-refractivity contribution in [1.29, 1.82) is 0 Å². The van der Waals surface area contributed by atoms with E-state index in [1.165, 1.54) is 24.3 Å². The fourth-order valence-corrected chi connectivity index (χ4v) is 1.13. The minimum absolute atomic E-state index is 0.0482. The second kappa shape index (κ2) is 5.13. The lowest BCUT2D eigenvalue weighted by molar-refractivity contribution is -0.138. The van der Waals surface area contributed by atoms with Gasteiger partial charge in [-0.1, -0.05) is 6.07 Å². The Hall–Kier alpha value is -2.08. The average Bonchev–Trinajstić information content (AvgIpc) is 2.25. The van der Waals surface area contributed by atoms with E-state index >= 15 is 0 Å². The third-order valence-electron chi connectivity index (χ3n) is 1.93. The van der Waals surface area contributed by atoms with E-state index in [9.17, 15) is 9.59 Å². The zero-order valence-electron chi connectivity index (χ0n) is 8.25. The van der Waals surface area contributed by atoms with Gasteiger partial charge in [-0.3, -0.25) is 0 Å². The molecule has 0 fully saturated rings. The van der Waals surface area contributed by atoms with Crippen molar-refractivity contribution in [2.45, 2.75) is 6.04 Å². The molecule has 4 N–H and O–H groups in total.